The third-order valence-corrected chi connectivity index (χ3v) is 9.22. The van der Waals surface area contributed by atoms with Gasteiger partial charge in [0.05, 0.1) is 21.6 Å². The Kier molecular flexibility index (Phi) is 5.37. The maximum absolute atomic E-state index is 16.0. The SMILES string of the molecule is CCN1[C@H]2CCn3c(nc4cc(C(=O)O)ccc43)[C@H]2[C@H](c2cccc(Cl)c2F)[C@]12C(=O)Nc1cc(Cl)ccc12. The van der Waals surface area contributed by atoms with Crippen molar-refractivity contribution in [3.63, 3.8) is 0 Å². The van der Waals surface area contributed by atoms with E-state index < -0.39 is 23.2 Å². The Bertz CT molecular complexity index is 1720. The van der Waals surface area contributed by atoms with E-state index in [4.69, 9.17) is 28.2 Å². The molecule has 4 atom stereocenters. The van der Waals surface area contributed by atoms with Crippen LogP contribution in [0.2, 0.25) is 10.0 Å². The van der Waals surface area contributed by atoms with Gasteiger partial charge in [-0.25, -0.2) is 14.2 Å². The molecule has 2 N–H and O–H groups in total. The quantitative estimate of drug-likeness (QED) is 0.318. The number of amides is 1. The summed E-state index contributed by atoms with van der Waals surface area (Å²) in [7, 11) is 0. The summed E-state index contributed by atoms with van der Waals surface area (Å²) >= 11 is 12.6. The molecule has 0 unspecified atom stereocenters. The van der Waals surface area contributed by atoms with Crippen molar-refractivity contribution in [3.8, 4) is 0 Å². The summed E-state index contributed by atoms with van der Waals surface area (Å²) in [6, 6.07) is 15.0. The van der Waals surface area contributed by atoms with Crippen LogP contribution in [0.25, 0.3) is 11.0 Å². The number of carbonyl (C=O) groups excluding carboxylic acids is 1. The molecular formula is C29H23Cl2FN4O3. The summed E-state index contributed by atoms with van der Waals surface area (Å²) in [5.74, 6) is -2.17. The van der Waals surface area contributed by atoms with E-state index in [1.165, 1.54) is 6.07 Å². The Morgan fingerprint density at radius 3 is 2.79 bits per heavy atom. The molecule has 0 bridgehead atoms. The highest BCUT2D eigenvalue weighted by atomic mass is 35.5. The van der Waals surface area contributed by atoms with Gasteiger partial charge in [0.25, 0.3) is 0 Å². The van der Waals surface area contributed by atoms with Crippen molar-refractivity contribution in [1.29, 1.82) is 0 Å². The second-order valence-electron chi connectivity index (χ2n) is 10.3. The molecule has 3 aliphatic rings. The first-order valence-electron chi connectivity index (χ1n) is 12.8. The van der Waals surface area contributed by atoms with Gasteiger partial charge < -0.3 is 15.0 Å². The zero-order valence-corrected chi connectivity index (χ0v) is 22.3. The Balaban J connectivity index is 1.55. The molecule has 4 heterocycles. The van der Waals surface area contributed by atoms with E-state index in [0.29, 0.717) is 47.1 Å². The molecule has 10 heteroatoms. The monoisotopic (exact) mass is 564 g/mol. The van der Waals surface area contributed by atoms with Gasteiger partial charge in [0.15, 0.2) is 0 Å². The second-order valence-corrected chi connectivity index (χ2v) is 11.2. The number of likely N-dealkylation sites (tertiary alicyclic amines) is 1. The van der Waals surface area contributed by atoms with Crippen LogP contribution in [0, 0.1) is 5.82 Å². The summed E-state index contributed by atoms with van der Waals surface area (Å²) in [6.07, 6.45) is 0.703. The molecule has 1 amide bonds. The van der Waals surface area contributed by atoms with Crippen LogP contribution < -0.4 is 5.32 Å². The summed E-state index contributed by atoms with van der Waals surface area (Å²) in [4.78, 5) is 33.0. The van der Waals surface area contributed by atoms with E-state index >= 15 is 4.39 Å². The molecule has 7 rings (SSSR count). The molecular weight excluding hydrogens is 542 g/mol. The van der Waals surface area contributed by atoms with E-state index in [-0.39, 0.29) is 28.5 Å². The van der Waals surface area contributed by atoms with Gasteiger partial charge in [-0.3, -0.25) is 9.69 Å². The van der Waals surface area contributed by atoms with Gasteiger partial charge in [-0.1, -0.05) is 48.3 Å². The smallest absolute Gasteiger partial charge is 0.335 e. The van der Waals surface area contributed by atoms with Crippen molar-refractivity contribution in [2.75, 3.05) is 11.9 Å². The molecule has 0 saturated carbocycles. The largest absolute Gasteiger partial charge is 0.478 e. The number of benzene rings is 3. The van der Waals surface area contributed by atoms with Crippen LogP contribution >= 0.6 is 23.2 Å². The number of hydrogen-bond acceptors (Lipinski definition) is 4. The summed E-state index contributed by atoms with van der Waals surface area (Å²) in [5, 5.41) is 13.1. The Labute approximate surface area is 233 Å². The number of carboxylic acid groups (broad SMARTS) is 1. The van der Waals surface area contributed by atoms with Gasteiger partial charge in [-0.15, -0.1) is 0 Å². The van der Waals surface area contributed by atoms with Crippen molar-refractivity contribution in [2.45, 2.75) is 43.3 Å². The predicted octanol–water partition coefficient (Wildman–Crippen LogP) is 6.00. The second kappa shape index (κ2) is 8.52. The average molecular weight is 565 g/mol. The lowest BCUT2D eigenvalue weighted by Crippen LogP contribution is -2.52. The number of rotatable bonds is 3. The number of nitrogens with zero attached hydrogens (tertiary/aromatic N) is 3. The number of likely N-dealkylation sites (N-methyl/N-ethyl adjacent to an activating group) is 1. The number of nitrogens with one attached hydrogen (secondary N) is 1. The first-order chi connectivity index (χ1) is 18.8. The number of halogens is 3. The highest BCUT2D eigenvalue weighted by Gasteiger charge is 2.68. The molecule has 0 aliphatic carbocycles. The van der Waals surface area contributed by atoms with Gasteiger partial charge in [0, 0.05) is 40.7 Å². The standard InChI is InChI=1S/C29H23Cl2FN4O3/c1-2-36-22-10-11-35-21-9-6-14(27(37)38)12-20(21)33-26(35)23(22)24(16-4-3-5-18(31)25(16)32)29(36)17-8-7-15(30)13-19(17)34-28(29)39/h3-9,12-13,22-24H,2,10-11H2,1H3,(H,34,39)(H,37,38)/t22-,23+,24-,29+/m0/s1. The van der Waals surface area contributed by atoms with Crippen LogP contribution in [0.15, 0.2) is 54.6 Å². The lowest BCUT2D eigenvalue weighted by molar-refractivity contribution is -0.127. The topological polar surface area (TPSA) is 87.5 Å². The van der Waals surface area contributed by atoms with Crippen molar-refractivity contribution in [1.82, 2.24) is 14.5 Å². The number of carboxylic acids is 1. The first-order valence-corrected chi connectivity index (χ1v) is 13.6. The van der Waals surface area contributed by atoms with Gasteiger partial charge in [-0.05, 0) is 54.9 Å². The summed E-state index contributed by atoms with van der Waals surface area (Å²) < 4.78 is 18.1. The number of hydrogen-bond donors (Lipinski definition) is 2. The molecule has 4 aromatic rings. The van der Waals surface area contributed by atoms with E-state index in [9.17, 15) is 14.7 Å². The van der Waals surface area contributed by atoms with E-state index in [1.807, 2.05) is 13.0 Å². The third kappa shape index (κ3) is 3.16. The maximum Gasteiger partial charge on any atom is 0.335 e. The molecule has 1 aromatic heterocycles. The number of carbonyl (C=O) groups is 2. The molecule has 0 radical (unpaired) electrons. The fourth-order valence-corrected chi connectivity index (χ4v) is 7.71. The number of aromatic carboxylic acids is 1. The Morgan fingerprint density at radius 2 is 2.03 bits per heavy atom. The highest BCUT2D eigenvalue weighted by molar-refractivity contribution is 6.31. The van der Waals surface area contributed by atoms with Gasteiger partial charge in [0.2, 0.25) is 5.91 Å². The molecule has 198 valence electrons. The van der Waals surface area contributed by atoms with Crippen LogP contribution in [-0.2, 0) is 16.9 Å². The molecule has 1 saturated heterocycles. The minimum atomic E-state index is -1.23. The van der Waals surface area contributed by atoms with Gasteiger partial charge >= 0.3 is 5.97 Å². The lowest BCUT2D eigenvalue weighted by atomic mass is 9.70. The number of imidazole rings is 1. The molecule has 7 nitrogen and oxygen atoms in total. The number of aromatic nitrogens is 2. The Morgan fingerprint density at radius 1 is 1.21 bits per heavy atom. The van der Waals surface area contributed by atoms with Crippen molar-refractivity contribution >= 4 is 51.8 Å². The van der Waals surface area contributed by atoms with Crippen molar-refractivity contribution < 1.29 is 19.1 Å². The van der Waals surface area contributed by atoms with Crippen LogP contribution in [0.5, 0.6) is 0 Å². The van der Waals surface area contributed by atoms with Gasteiger partial charge in [0.1, 0.15) is 17.2 Å². The number of aryl methyl sites for hydroxylation is 1. The fourth-order valence-electron chi connectivity index (χ4n) is 7.35. The number of fused-ring (bicyclic) bond motifs is 7. The lowest BCUT2D eigenvalue weighted by Gasteiger charge is -2.39. The molecule has 1 fully saturated rings. The number of anilines is 1. The first kappa shape index (κ1) is 24.6. The van der Waals surface area contributed by atoms with Gasteiger partial charge in [-0.2, -0.15) is 0 Å². The normalized spacial score (nSPS) is 25.5. The van der Waals surface area contributed by atoms with Crippen molar-refractivity contribution in [2.24, 2.45) is 0 Å². The van der Waals surface area contributed by atoms with E-state index in [0.717, 1.165) is 11.1 Å². The van der Waals surface area contributed by atoms with Crippen LogP contribution in [0.1, 0.15) is 52.5 Å². The maximum atomic E-state index is 16.0. The average Bonchev–Trinajstić information content (AvgIpc) is 3.52. The third-order valence-electron chi connectivity index (χ3n) is 8.69. The van der Waals surface area contributed by atoms with Crippen LogP contribution in [0.4, 0.5) is 10.1 Å². The minimum Gasteiger partial charge on any atom is -0.478 e. The highest BCUT2D eigenvalue weighted by Crippen LogP contribution is 2.64. The van der Waals surface area contributed by atoms with Crippen molar-refractivity contribution in [3.05, 3.63) is 93.0 Å². The Hall–Kier alpha value is -3.46. The van der Waals surface area contributed by atoms with Crippen LogP contribution in [0.3, 0.4) is 0 Å². The predicted molar refractivity (Wildman–Crippen MR) is 146 cm³/mol. The molecule has 3 aliphatic heterocycles. The van der Waals surface area contributed by atoms with E-state index in [1.54, 1.807) is 42.5 Å². The van der Waals surface area contributed by atoms with Crippen LogP contribution in [-0.4, -0.2) is 44.0 Å². The summed E-state index contributed by atoms with van der Waals surface area (Å²) in [6.45, 7) is 3.18. The van der Waals surface area contributed by atoms with E-state index in [2.05, 4.69) is 14.8 Å². The minimum absolute atomic E-state index is 0.0145. The molecule has 39 heavy (non-hydrogen) atoms. The molecule has 3 aromatic carbocycles. The molecule has 1 spiro atoms. The zero-order valence-electron chi connectivity index (χ0n) is 20.8. The summed E-state index contributed by atoms with van der Waals surface area (Å²) in [5.41, 5.74) is 1.98. The zero-order chi connectivity index (χ0) is 27.2. The fraction of sp³-hybridized carbons (Fsp3) is 0.276.